The van der Waals surface area contributed by atoms with Crippen molar-refractivity contribution in [2.45, 2.75) is 26.5 Å². The van der Waals surface area contributed by atoms with Gasteiger partial charge in [-0.15, -0.1) is 0 Å². The van der Waals surface area contributed by atoms with Gasteiger partial charge in [0, 0.05) is 17.8 Å². The first kappa shape index (κ1) is 9.28. The van der Waals surface area contributed by atoms with E-state index in [-0.39, 0.29) is 6.61 Å². The molecular formula is C12H15NO. The van der Waals surface area contributed by atoms with Crippen LogP contribution < -0.4 is 0 Å². The smallest absolute Gasteiger partial charge is 0.0833 e. The van der Waals surface area contributed by atoms with E-state index in [9.17, 15) is 5.11 Å². The second-order valence-corrected chi connectivity index (χ2v) is 3.50. The number of nitrogens with zero attached hydrogens (tertiary/aromatic N) is 1. The van der Waals surface area contributed by atoms with Crippen molar-refractivity contribution < 1.29 is 5.11 Å². The highest BCUT2D eigenvalue weighted by atomic mass is 16.3. The van der Waals surface area contributed by atoms with Crippen LogP contribution >= 0.6 is 0 Å². The average Bonchev–Trinajstić information content (AvgIpc) is 2.58. The van der Waals surface area contributed by atoms with Gasteiger partial charge in [0.1, 0.15) is 0 Å². The van der Waals surface area contributed by atoms with Gasteiger partial charge in [0.2, 0.25) is 0 Å². The predicted octanol–water partition coefficient (Wildman–Crippen LogP) is 2.54. The molecule has 0 saturated carbocycles. The van der Waals surface area contributed by atoms with E-state index in [1.54, 1.807) is 0 Å². The Bertz CT molecular complexity index is 431. The molecule has 0 fully saturated rings. The van der Waals surface area contributed by atoms with Crippen LogP contribution in [0.4, 0.5) is 0 Å². The zero-order chi connectivity index (χ0) is 9.97. The number of rotatable bonds is 3. The Morgan fingerprint density at radius 3 is 2.79 bits per heavy atom. The molecular weight excluding hydrogens is 174 g/mol. The molecule has 0 amide bonds. The van der Waals surface area contributed by atoms with Crippen LogP contribution in [0.25, 0.3) is 10.9 Å². The molecule has 0 spiro atoms. The van der Waals surface area contributed by atoms with E-state index >= 15 is 0 Å². The van der Waals surface area contributed by atoms with Crippen LogP contribution in [0.15, 0.2) is 30.3 Å². The van der Waals surface area contributed by atoms with Gasteiger partial charge in [-0.1, -0.05) is 25.1 Å². The first-order valence-electron chi connectivity index (χ1n) is 5.05. The van der Waals surface area contributed by atoms with Crippen LogP contribution in [0, 0.1) is 0 Å². The number of aliphatic hydroxyl groups excluding tert-OH is 1. The minimum atomic E-state index is 0.120. The van der Waals surface area contributed by atoms with Gasteiger partial charge in [-0.05, 0) is 23.9 Å². The van der Waals surface area contributed by atoms with E-state index in [4.69, 9.17) is 0 Å². The molecule has 2 rings (SSSR count). The van der Waals surface area contributed by atoms with Crippen molar-refractivity contribution in [1.82, 2.24) is 4.57 Å². The van der Waals surface area contributed by atoms with Crippen LogP contribution in [0.3, 0.4) is 0 Å². The summed E-state index contributed by atoms with van der Waals surface area (Å²) in [5.41, 5.74) is 2.23. The predicted molar refractivity (Wildman–Crippen MR) is 58.2 cm³/mol. The van der Waals surface area contributed by atoms with Crippen molar-refractivity contribution in [2.75, 3.05) is 0 Å². The summed E-state index contributed by atoms with van der Waals surface area (Å²) in [6.45, 7) is 3.24. The van der Waals surface area contributed by atoms with Crippen LogP contribution in [0.1, 0.15) is 19.0 Å². The highest BCUT2D eigenvalue weighted by Crippen LogP contribution is 2.20. The number of aryl methyl sites for hydroxylation is 1. The summed E-state index contributed by atoms with van der Waals surface area (Å²) in [6.07, 6.45) is 1.09. The first-order valence-corrected chi connectivity index (χ1v) is 5.05. The van der Waals surface area contributed by atoms with Crippen LogP contribution in [-0.4, -0.2) is 9.67 Å². The van der Waals surface area contributed by atoms with Gasteiger partial charge >= 0.3 is 0 Å². The fraction of sp³-hybridized carbons (Fsp3) is 0.333. The standard InChI is InChI=1S/C12H15NO/c1-2-7-13-11(9-14)8-10-5-3-4-6-12(10)13/h3-6,8,14H,2,7,9H2,1H3. The van der Waals surface area contributed by atoms with Crippen molar-refractivity contribution in [3.63, 3.8) is 0 Å². The van der Waals surface area contributed by atoms with E-state index < -0.39 is 0 Å². The SMILES string of the molecule is CCCn1c(CO)cc2ccccc21. The van der Waals surface area contributed by atoms with Crippen molar-refractivity contribution in [1.29, 1.82) is 0 Å². The molecule has 0 bridgehead atoms. The van der Waals surface area contributed by atoms with E-state index in [0.29, 0.717) is 0 Å². The number of aliphatic hydroxyl groups is 1. The molecule has 1 aromatic carbocycles. The summed E-state index contributed by atoms with van der Waals surface area (Å²) in [5, 5.41) is 10.4. The number of aromatic nitrogens is 1. The minimum absolute atomic E-state index is 0.120. The minimum Gasteiger partial charge on any atom is -0.390 e. The molecule has 14 heavy (non-hydrogen) atoms. The van der Waals surface area contributed by atoms with E-state index in [1.165, 1.54) is 10.9 Å². The lowest BCUT2D eigenvalue weighted by Gasteiger charge is -2.06. The fourth-order valence-electron chi connectivity index (χ4n) is 1.89. The lowest BCUT2D eigenvalue weighted by atomic mass is 10.2. The summed E-state index contributed by atoms with van der Waals surface area (Å²) in [4.78, 5) is 0. The van der Waals surface area contributed by atoms with Crippen LogP contribution in [0.2, 0.25) is 0 Å². The Kier molecular flexibility index (Phi) is 2.55. The van der Waals surface area contributed by atoms with Crippen LogP contribution in [0.5, 0.6) is 0 Å². The Balaban J connectivity index is 2.61. The molecule has 74 valence electrons. The normalized spacial score (nSPS) is 11.0. The van der Waals surface area contributed by atoms with Gasteiger partial charge in [0.25, 0.3) is 0 Å². The summed E-state index contributed by atoms with van der Waals surface area (Å²) in [7, 11) is 0. The Labute approximate surface area is 83.8 Å². The second-order valence-electron chi connectivity index (χ2n) is 3.50. The summed E-state index contributed by atoms with van der Waals surface area (Å²) >= 11 is 0. The third kappa shape index (κ3) is 1.42. The quantitative estimate of drug-likeness (QED) is 0.788. The molecule has 0 aliphatic carbocycles. The lowest BCUT2D eigenvalue weighted by molar-refractivity contribution is 0.271. The molecule has 0 atom stereocenters. The van der Waals surface area contributed by atoms with E-state index in [0.717, 1.165) is 18.7 Å². The van der Waals surface area contributed by atoms with Gasteiger partial charge in [-0.25, -0.2) is 0 Å². The number of fused-ring (bicyclic) bond motifs is 1. The summed E-state index contributed by atoms with van der Waals surface area (Å²) in [6, 6.07) is 10.3. The highest BCUT2D eigenvalue weighted by molar-refractivity contribution is 5.81. The van der Waals surface area contributed by atoms with Gasteiger partial charge < -0.3 is 9.67 Å². The molecule has 0 saturated heterocycles. The maximum Gasteiger partial charge on any atom is 0.0833 e. The summed E-state index contributed by atoms with van der Waals surface area (Å²) in [5.74, 6) is 0. The van der Waals surface area contributed by atoms with Crippen molar-refractivity contribution >= 4 is 10.9 Å². The zero-order valence-corrected chi connectivity index (χ0v) is 8.40. The third-order valence-corrected chi connectivity index (χ3v) is 2.51. The highest BCUT2D eigenvalue weighted by Gasteiger charge is 2.05. The molecule has 2 heteroatoms. The molecule has 0 unspecified atom stereocenters. The number of hydrogen-bond acceptors (Lipinski definition) is 1. The topological polar surface area (TPSA) is 25.2 Å². The fourth-order valence-corrected chi connectivity index (χ4v) is 1.89. The second kappa shape index (κ2) is 3.84. The van der Waals surface area contributed by atoms with E-state index in [2.05, 4.69) is 29.7 Å². The molecule has 1 heterocycles. The van der Waals surface area contributed by atoms with Crippen LogP contribution in [-0.2, 0) is 13.2 Å². The Morgan fingerprint density at radius 1 is 1.29 bits per heavy atom. The van der Waals surface area contributed by atoms with Crippen molar-refractivity contribution in [3.05, 3.63) is 36.0 Å². The monoisotopic (exact) mass is 189 g/mol. The van der Waals surface area contributed by atoms with Gasteiger partial charge in [0.15, 0.2) is 0 Å². The summed E-state index contributed by atoms with van der Waals surface area (Å²) < 4.78 is 2.19. The third-order valence-electron chi connectivity index (χ3n) is 2.51. The first-order chi connectivity index (χ1) is 6.86. The van der Waals surface area contributed by atoms with Crippen molar-refractivity contribution in [2.24, 2.45) is 0 Å². The number of benzene rings is 1. The van der Waals surface area contributed by atoms with Gasteiger partial charge in [0.05, 0.1) is 6.61 Å². The molecule has 0 radical (unpaired) electrons. The average molecular weight is 189 g/mol. The largest absolute Gasteiger partial charge is 0.390 e. The molecule has 2 aromatic rings. The lowest BCUT2D eigenvalue weighted by Crippen LogP contribution is -2.01. The molecule has 0 aliphatic heterocycles. The molecule has 1 N–H and O–H groups in total. The maximum absolute atomic E-state index is 9.23. The number of hydrogen-bond donors (Lipinski definition) is 1. The zero-order valence-electron chi connectivity index (χ0n) is 8.40. The van der Waals surface area contributed by atoms with Crippen molar-refractivity contribution in [3.8, 4) is 0 Å². The van der Waals surface area contributed by atoms with Gasteiger partial charge in [-0.3, -0.25) is 0 Å². The van der Waals surface area contributed by atoms with Gasteiger partial charge in [-0.2, -0.15) is 0 Å². The molecule has 0 aliphatic rings. The van der Waals surface area contributed by atoms with E-state index in [1.807, 2.05) is 12.1 Å². The molecule has 1 aromatic heterocycles. The Morgan fingerprint density at radius 2 is 2.07 bits per heavy atom. The number of para-hydroxylation sites is 1. The Hall–Kier alpha value is -1.28. The molecule has 2 nitrogen and oxygen atoms in total. The maximum atomic E-state index is 9.23.